The quantitative estimate of drug-likeness (QED) is 0.711. The minimum atomic E-state index is -0.974. The Morgan fingerprint density at radius 1 is 1.04 bits per heavy atom. The first-order valence-corrected chi connectivity index (χ1v) is 9.49. The van der Waals surface area contributed by atoms with E-state index in [1.54, 1.807) is 26.0 Å². The Morgan fingerprint density at radius 2 is 1.73 bits per heavy atom. The largest absolute Gasteiger partial charge is 0.456 e. The normalized spacial score (nSPS) is 29.0. The summed E-state index contributed by atoms with van der Waals surface area (Å²) in [6.45, 7) is 3.49. The van der Waals surface area contributed by atoms with Gasteiger partial charge in [-0.05, 0) is 36.5 Å². The zero-order chi connectivity index (χ0) is 18.3. The van der Waals surface area contributed by atoms with Crippen LogP contribution in [0.5, 0.6) is 0 Å². The van der Waals surface area contributed by atoms with Gasteiger partial charge in [-0.2, -0.15) is 0 Å². The number of hydrogen-bond donors (Lipinski definition) is 0. The van der Waals surface area contributed by atoms with Gasteiger partial charge in [0.1, 0.15) is 23.3 Å². The van der Waals surface area contributed by atoms with Crippen molar-refractivity contribution < 1.29 is 23.4 Å². The first-order valence-electron chi connectivity index (χ1n) is 9.49. The highest BCUT2D eigenvalue weighted by Crippen LogP contribution is 2.45. The van der Waals surface area contributed by atoms with Crippen molar-refractivity contribution in [2.24, 2.45) is 5.92 Å². The highest BCUT2D eigenvalue weighted by molar-refractivity contribution is 5.91. The van der Waals surface area contributed by atoms with Gasteiger partial charge in [0.2, 0.25) is 5.79 Å². The molecule has 26 heavy (non-hydrogen) atoms. The summed E-state index contributed by atoms with van der Waals surface area (Å²) in [4.78, 5) is 12.7. The lowest BCUT2D eigenvalue weighted by Gasteiger charge is -2.43. The van der Waals surface area contributed by atoms with Crippen LogP contribution in [-0.4, -0.2) is 17.9 Å². The van der Waals surface area contributed by atoms with Crippen LogP contribution in [0.25, 0.3) is 0 Å². The van der Waals surface area contributed by atoms with E-state index in [2.05, 4.69) is 0 Å². The van der Waals surface area contributed by atoms with Crippen LogP contribution in [0.15, 0.2) is 35.6 Å². The first-order chi connectivity index (χ1) is 12.4. The molecule has 2 atom stereocenters. The molecule has 4 nitrogen and oxygen atoms in total. The maximum Gasteiger partial charge on any atom is 0.343 e. The molecule has 0 saturated heterocycles. The Kier molecular flexibility index (Phi) is 4.51. The highest BCUT2D eigenvalue weighted by atomic mass is 19.1. The first kappa shape index (κ1) is 17.5. The monoisotopic (exact) mass is 360 g/mol. The van der Waals surface area contributed by atoms with E-state index in [-0.39, 0.29) is 11.9 Å². The number of hydrogen-bond acceptors (Lipinski definition) is 4. The van der Waals surface area contributed by atoms with Gasteiger partial charge in [-0.1, -0.05) is 31.4 Å². The lowest BCUT2D eigenvalue weighted by atomic mass is 9.81. The van der Waals surface area contributed by atoms with Gasteiger partial charge >= 0.3 is 5.97 Å². The zero-order valence-electron chi connectivity index (χ0n) is 15.3. The Bertz CT molecular complexity index is 716. The van der Waals surface area contributed by atoms with Crippen LogP contribution < -0.4 is 0 Å². The molecule has 1 saturated carbocycles. The van der Waals surface area contributed by atoms with Gasteiger partial charge in [0, 0.05) is 20.3 Å². The molecule has 2 heterocycles. The maximum atomic E-state index is 13.4. The minimum Gasteiger partial charge on any atom is -0.456 e. The molecule has 4 rings (SSSR count). The number of ether oxygens (including phenoxy) is 3. The van der Waals surface area contributed by atoms with E-state index in [9.17, 15) is 9.18 Å². The second-order valence-electron chi connectivity index (χ2n) is 7.94. The van der Waals surface area contributed by atoms with Gasteiger partial charge in [0.05, 0.1) is 6.10 Å². The number of carbonyl (C=O) groups excluding carboxylic acids is 1. The van der Waals surface area contributed by atoms with Crippen LogP contribution in [0.4, 0.5) is 4.39 Å². The van der Waals surface area contributed by atoms with Crippen molar-refractivity contribution in [3.8, 4) is 0 Å². The van der Waals surface area contributed by atoms with Crippen molar-refractivity contribution >= 4 is 5.97 Å². The average molecular weight is 360 g/mol. The van der Waals surface area contributed by atoms with Gasteiger partial charge in [-0.25, -0.2) is 9.18 Å². The highest BCUT2D eigenvalue weighted by Gasteiger charge is 2.45. The number of cyclic esters (lactones) is 1. The van der Waals surface area contributed by atoms with Crippen LogP contribution in [0.1, 0.15) is 64.0 Å². The van der Waals surface area contributed by atoms with E-state index in [0.717, 1.165) is 18.4 Å². The Morgan fingerprint density at radius 3 is 2.42 bits per heavy atom. The van der Waals surface area contributed by atoms with Crippen molar-refractivity contribution in [1.82, 2.24) is 0 Å². The number of rotatable bonds is 2. The lowest BCUT2D eigenvalue weighted by Crippen LogP contribution is -2.43. The summed E-state index contributed by atoms with van der Waals surface area (Å²) in [6, 6.07) is 6.12. The Balaban J connectivity index is 1.71. The van der Waals surface area contributed by atoms with E-state index < -0.39 is 17.9 Å². The Labute approximate surface area is 153 Å². The lowest BCUT2D eigenvalue weighted by molar-refractivity contribution is -0.219. The van der Waals surface area contributed by atoms with Crippen LogP contribution in [0.3, 0.4) is 0 Å². The summed E-state index contributed by atoms with van der Waals surface area (Å²) in [6.07, 6.45) is 6.00. The molecule has 0 N–H and O–H groups in total. The predicted octanol–water partition coefficient (Wildman–Crippen LogP) is 4.80. The smallest absolute Gasteiger partial charge is 0.343 e. The third-order valence-corrected chi connectivity index (χ3v) is 5.54. The standard InChI is InChI=1S/C21H25FO4/c1-21(2)25-17-12-16(13-6-4-3-5-7-13)24-19(18(17)20(23)26-21)14-8-10-15(22)11-9-14/h8-11,13,16,19H,3-7,12H2,1-2H3/t16-,19-/m0/s1. The molecule has 1 fully saturated rings. The van der Waals surface area contributed by atoms with Gasteiger partial charge in [-0.3, -0.25) is 0 Å². The molecule has 0 aromatic heterocycles. The molecule has 1 aromatic rings. The molecule has 1 aliphatic carbocycles. The molecule has 140 valence electrons. The van der Waals surface area contributed by atoms with E-state index in [1.807, 2.05) is 0 Å². The fourth-order valence-electron chi connectivity index (χ4n) is 4.31. The minimum absolute atomic E-state index is 0.00537. The summed E-state index contributed by atoms with van der Waals surface area (Å²) in [7, 11) is 0. The molecule has 0 bridgehead atoms. The van der Waals surface area contributed by atoms with Crippen molar-refractivity contribution in [1.29, 1.82) is 0 Å². The fraction of sp³-hybridized carbons (Fsp3) is 0.571. The van der Waals surface area contributed by atoms with Crippen LogP contribution in [0, 0.1) is 11.7 Å². The molecule has 0 radical (unpaired) electrons. The Hall–Kier alpha value is -1.88. The number of carbonyl (C=O) groups is 1. The van der Waals surface area contributed by atoms with Crippen LogP contribution >= 0.6 is 0 Å². The molecule has 0 spiro atoms. The summed E-state index contributed by atoms with van der Waals surface area (Å²) in [5.74, 6) is -0.566. The SMILES string of the molecule is CC1(C)OC(=O)C2=C(C[C@@H](C3CCCCC3)O[C@H]2c2ccc(F)cc2)O1. The van der Waals surface area contributed by atoms with Crippen molar-refractivity contribution in [3.63, 3.8) is 0 Å². The molecular formula is C21H25FO4. The summed E-state index contributed by atoms with van der Waals surface area (Å²) >= 11 is 0. The fourth-order valence-corrected chi connectivity index (χ4v) is 4.31. The zero-order valence-corrected chi connectivity index (χ0v) is 15.3. The van der Waals surface area contributed by atoms with Gasteiger partial charge in [-0.15, -0.1) is 0 Å². The molecular weight excluding hydrogens is 335 g/mol. The third kappa shape index (κ3) is 3.37. The third-order valence-electron chi connectivity index (χ3n) is 5.54. The van der Waals surface area contributed by atoms with E-state index in [1.165, 1.54) is 31.4 Å². The van der Waals surface area contributed by atoms with Crippen molar-refractivity contribution in [3.05, 3.63) is 47.0 Å². The summed E-state index contributed by atoms with van der Waals surface area (Å²) in [5.41, 5.74) is 1.17. The summed E-state index contributed by atoms with van der Waals surface area (Å²) in [5, 5.41) is 0. The molecule has 5 heteroatoms. The molecule has 0 unspecified atom stereocenters. The summed E-state index contributed by atoms with van der Waals surface area (Å²) < 4.78 is 31.2. The van der Waals surface area contributed by atoms with Crippen LogP contribution in [-0.2, 0) is 19.0 Å². The second-order valence-corrected chi connectivity index (χ2v) is 7.94. The number of halogens is 1. The molecule has 2 aliphatic heterocycles. The van der Waals surface area contributed by atoms with E-state index in [4.69, 9.17) is 14.2 Å². The van der Waals surface area contributed by atoms with Crippen LogP contribution in [0.2, 0.25) is 0 Å². The maximum absolute atomic E-state index is 13.4. The predicted molar refractivity (Wildman–Crippen MR) is 93.5 cm³/mol. The second kappa shape index (κ2) is 6.69. The molecule has 1 aromatic carbocycles. The number of esters is 1. The van der Waals surface area contributed by atoms with Gasteiger partial charge < -0.3 is 14.2 Å². The van der Waals surface area contributed by atoms with E-state index in [0.29, 0.717) is 23.7 Å². The average Bonchev–Trinajstić information content (AvgIpc) is 2.61. The van der Waals surface area contributed by atoms with Crippen molar-refractivity contribution in [2.75, 3.05) is 0 Å². The van der Waals surface area contributed by atoms with E-state index >= 15 is 0 Å². The molecule has 3 aliphatic rings. The van der Waals surface area contributed by atoms with Gasteiger partial charge in [0.15, 0.2) is 0 Å². The van der Waals surface area contributed by atoms with Gasteiger partial charge in [0.25, 0.3) is 0 Å². The van der Waals surface area contributed by atoms with Crippen molar-refractivity contribution in [2.45, 2.75) is 70.4 Å². The molecule has 0 amide bonds. The topological polar surface area (TPSA) is 44.8 Å². The number of benzene rings is 1.